The fourth-order valence-electron chi connectivity index (χ4n) is 3.59. The van der Waals surface area contributed by atoms with Crippen LogP contribution in [0.2, 0.25) is 0 Å². The molecule has 0 unspecified atom stereocenters. The number of anilines is 1. The first kappa shape index (κ1) is 19.9. The number of hydrogen-bond acceptors (Lipinski definition) is 4. The molecule has 10 heteroatoms. The standard InChI is InChI=1S/C20H16F4N4O2/c21-16-4-2-1-3-12(16)13-10-17-14(9-15(13)20(22,23)24)18(26-11-25-17)27-5-7-28(8-6-27)19(29)30/h1-4,9-11H,5-8H2,(H,29,30). The lowest BCUT2D eigenvalue weighted by Gasteiger charge is -2.34. The molecule has 0 bridgehead atoms. The third-order valence-corrected chi connectivity index (χ3v) is 5.07. The monoisotopic (exact) mass is 420 g/mol. The molecule has 1 fully saturated rings. The number of piperazine rings is 1. The van der Waals surface area contributed by atoms with Crippen LogP contribution in [0.3, 0.4) is 0 Å². The van der Waals surface area contributed by atoms with E-state index >= 15 is 0 Å². The lowest BCUT2D eigenvalue weighted by molar-refractivity contribution is -0.137. The Morgan fingerprint density at radius 3 is 2.33 bits per heavy atom. The molecular weight excluding hydrogens is 404 g/mol. The molecule has 1 amide bonds. The molecule has 3 aromatic rings. The van der Waals surface area contributed by atoms with Crippen molar-refractivity contribution in [1.29, 1.82) is 0 Å². The van der Waals surface area contributed by atoms with Crippen LogP contribution >= 0.6 is 0 Å². The molecule has 0 radical (unpaired) electrons. The van der Waals surface area contributed by atoms with Gasteiger partial charge in [-0.1, -0.05) is 18.2 Å². The second-order valence-corrected chi connectivity index (χ2v) is 6.85. The Hall–Kier alpha value is -3.43. The van der Waals surface area contributed by atoms with Crippen molar-refractivity contribution in [2.75, 3.05) is 31.1 Å². The van der Waals surface area contributed by atoms with Crippen molar-refractivity contribution in [3.8, 4) is 11.1 Å². The van der Waals surface area contributed by atoms with E-state index < -0.39 is 23.7 Å². The lowest BCUT2D eigenvalue weighted by Crippen LogP contribution is -2.48. The van der Waals surface area contributed by atoms with Gasteiger partial charge in [0.1, 0.15) is 18.0 Å². The predicted molar refractivity (Wildman–Crippen MR) is 102 cm³/mol. The van der Waals surface area contributed by atoms with Crippen LogP contribution in [-0.4, -0.2) is 52.2 Å². The van der Waals surface area contributed by atoms with Crippen LogP contribution in [0.5, 0.6) is 0 Å². The van der Waals surface area contributed by atoms with Crippen molar-refractivity contribution >= 4 is 22.8 Å². The number of carbonyl (C=O) groups is 1. The van der Waals surface area contributed by atoms with E-state index in [-0.39, 0.29) is 54.0 Å². The van der Waals surface area contributed by atoms with Gasteiger partial charge in [0.15, 0.2) is 0 Å². The van der Waals surface area contributed by atoms with Gasteiger partial charge < -0.3 is 14.9 Å². The molecule has 0 atom stereocenters. The van der Waals surface area contributed by atoms with E-state index in [1.807, 2.05) is 0 Å². The summed E-state index contributed by atoms with van der Waals surface area (Å²) in [5, 5.41) is 9.25. The van der Waals surface area contributed by atoms with E-state index in [0.717, 1.165) is 12.1 Å². The lowest BCUT2D eigenvalue weighted by atomic mass is 9.96. The van der Waals surface area contributed by atoms with Crippen molar-refractivity contribution in [1.82, 2.24) is 14.9 Å². The molecule has 156 valence electrons. The first-order chi connectivity index (χ1) is 14.3. The summed E-state index contributed by atoms with van der Waals surface area (Å²) in [6.07, 6.45) is -4.53. The van der Waals surface area contributed by atoms with E-state index in [2.05, 4.69) is 9.97 Å². The summed E-state index contributed by atoms with van der Waals surface area (Å²) in [4.78, 5) is 22.3. The number of nitrogens with zero attached hydrogens (tertiary/aromatic N) is 4. The summed E-state index contributed by atoms with van der Waals surface area (Å²) >= 11 is 0. The van der Waals surface area contributed by atoms with Gasteiger partial charge >= 0.3 is 12.3 Å². The van der Waals surface area contributed by atoms with Gasteiger partial charge in [-0.05, 0) is 23.8 Å². The quantitative estimate of drug-likeness (QED) is 0.628. The zero-order chi connectivity index (χ0) is 21.5. The van der Waals surface area contributed by atoms with E-state index in [4.69, 9.17) is 5.11 Å². The Kier molecular flexibility index (Phi) is 4.92. The molecule has 2 heterocycles. The third-order valence-electron chi connectivity index (χ3n) is 5.07. The van der Waals surface area contributed by atoms with Gasteiger partial charge in [0.05, 0.1) is 11.1 Å². The van der Waals surface area contributed by atoms with Crippen LogP contribution in [0.25, 0.3) is 22.0 Å². The number of aromatic nitrogens is 2. The van der Waals surface area contributed by atoms with E-state index in [9.17, 15) is 22.4 Å². The summed E-state index contributed by atoms with van der Waals surface area (Å²) in [5.41, 5.74) is -1.21. The Balaban J connectivity index is 1.84. The number of amides is 1. The minimum atomic E-state index is -4.72. The zero-order valence-corrected chi connectivity index (χ0v) is 15.5. The highest BCUT2D eigenvalue weighted by Crippen LogP contribution is 2.41. The van der Waals surface area contributed by atoms with Crippen LogP contribution in [0.4, 0.5) is 28.2 Å². The number of fused-ring (bicyclic) bond motifs is 1. The Labute approximate surface area is 168 Å². The van der Waals surface area contributed by atoms with Gasteiger partial charge in [0.2, 0.25) is 0 Å². The van der Waals surface area contributed by atoms with E-state index in [1.54, 1.807) is 4.90 Å². The maximum absolute atomic E-state index is 14.3. The van der Waals surface area contributed by atoms with Crippen LogP contribution in [0, 0.1) is 5.82 Å². The van der Waals surface area contributed by atoms with Crippen LogP contribution in [0.1, 0.15) is 5.56 Å². The molecule has 1 aliphatic rings. The number of halogens is 4. The second-order valence-electron chi connectivity index (χ2n) is 6.85. The van der Waals surface area contributed by atoms with Gasteiger partial charge in [-0.2, -0.15) is 13.2 Å². The molecule has 1 saturated heterocycles. The highest BCUT2D eigenvalue weighted by Gasteiger charge is 2.35. The van der Waals surface area contributed by atoms with E-state index in [1.165, 1.54) is 35.5 Å². The maximum Gasteiger partial charge on any atom is 0.417 e. The van der Waals surface area contributed by atoms with E-state index in [0.29, 0.717) is 0 Å². The zero-order valence-electron chi connectivity index (χ0n) is 15.5. The van der Waals surface area contributed by atoms with Crippen LogP contribution in [0.15, 0.2) is 42.7 Å². The Morgan fingerprint density at radius 2 is 1.70 bits per heavy atom. The molecule has 2 aromatic carbocycles. The fourth-order valence-corrected chi connectivity index (χ4v) is 3.59. The number of benzene rings is 2. The van der Waals surface area contributed by atoms with Crippen LogP contribution in [-0.2, 0) is 6.18 Å². The molecular formula is C20H16F4N4O2. The SMILES string of the molecule is O=C(O)N1CCN(c2ncnc3cc(-c4ccccc4F)c(C(F)(F)F)cc23)CC1. The molecule has 1 N–H and O–H groups in total. The highest BCUT2D eigenvalue weighted by atomic mass is 19.4. The first-order valence-corrected chi connectivity index (χ1v) is 9.09. The number of carboxylic acid groups (broad SMARTS) is 1. The Bertz CT molecular complexity index is 1110. The fraction of sp³-hybridized carbons (Fsp3) is 0.250. The maximum atomic E-state index is 14.3. The smallest absolute Gasteiger partial charge is 0.417 e. The molecule has 0 saturated carbocycles. The minimum absolute atomic E-state index is 0.165. The topological polar surface area (TPSA) is 69.6 Å². The highest BCUT2D eigenvalue weighted by molar-refractivity contribution is 5.94. The molecule has 30 heavy (non-hydrogen) atoms. The second kappa shape index (κ2) is 7.43. The van der Waals surface area contributed by atoms with Gasteiger partial charge in [-0.3, -0.25) is 0 Å². The van der Waals surface area contributed by atoms with Gasteiger partial charge in [0.25, 0.3) is 0 Å². The molecule has 1 aliphatic heterocycles. The van der Waals surface area contributed by atoms with Crippen molar-refractivity contribution in [3.63, 3.8) is 0 Å². The number of hydrogen-bond donors (Lipinski definition) is 1. The van der Waals surface area contributed by atoms with Crippen molar-refractivity contribution in [2.45, 2.75) is 6.18 Å². The molecule has 0 aliphatic carbocycles. The van der Waals surface area contributed by atoms with Crippen molar-refractivity contribution < 1.29 is 27.5 Å². The molecule has 1 aromatic heterocycles. The normalized spacial score (nSPS) is 14.9. The van der Waals surface area contributed by atoms with Crippen LogP contribution < -0.4 is 4.90 Å². The average molecular weight is 420 g/mol. The molecule has 4 rings (SSSR count). The summed E-state index contributed by atoms with van der Waals surface area (Å²) in [6.45, 7) is 0.990. The van der Waals surface area contributed by atoms with Gasteiger partial charge in [-0.25, -0.2) is 19.2 Å². The third kappa shape index (κ3) is 3.60. The largest absolute Gasteiger partial charge is 0.465 e. The summed E-state index contributed by atoms with van der Waals surface area (Å²) in [5.74, 6) is -0.475. The number of rotatable bonds is 2. The summed E-state index contributed by atoms with van der Waals surface area (Å²) in [6, 6.07) is 7.43. The van der Waals surface area contributed by atoms with Gasteiger partial charge in [0, 0.05) is 37.1 Å². The Morgan fingerprint density at radius 1 is 1.00 bits per heavy atom. The molecule has 0 spiro atoms. The van der Waals surface area contributed by atoms with Gasteiger partial charge in [-0.15, -0.1) is 0 Å². The van der Waals surface area contributed by atoms with Crippen molar-refractivity contribution in [3.05, 3.63) is 54.1 Å². The number of alkyl halides is 3. The summed E-state index contributed by atoms with van der Waals surface area (Å²) < 4.78 is 55.8. The van der Waals surface area contributed by atoms with Crippen molar-refractivity contribution in [2.24, 2.45) is 0 Å². The average Bonchev–Trinajstić information content (AvgIpc) is 2.72. The molecule has 6 nitrogen and oxygen atoms in total. The first-order valence-electron chi connectivity index (χ1n) is 9.09. The predicted octanol–water partition coefficient (Wildman–Crippen LogP) is 4.25. The minimum Gasteiger partial charge on any atom is -0.465 e. The summed E-state index contributed by atoms with van der Waals surface area (Å²) in [7, 11) is 0.